The second-order valence-electron chi connectivity index (χ2n) is 5.60. The Morgan fingerprint density at radius 1 is 0.929 bits per heavy atom. The molecular weight excluding hydrogens is 395 g/mol. The van der Waals surface area contributed by atoms with Gasteiger partial charge in [0, 0.05) is 23.6 Å². The van der Waals surface area contributed by atoms with Crippen molar-refractivity contribution < 1.29 is 22.7 Å². The number of benzene rings is 2. The van der Waals surface area contributed by atoms with Gasteiger partial charge in [-0.3, -0.25) is 0 Å². The van der Waals surface area contributed by atoms with Gasteiger partial charge in [-0.1, -0.05) is 17.7 Å². The largest absolute Gasteiger partial charge is 0.457 e. The highest BCUT2D eigenvalue weighted by Gasteiger charge is 2.30. The van der Waals surface area contributed by atoms with Crippen molar-refractivity contribution >= 4 is 29.0 Å². The SMILES string of the molecule is O=C(Nc1ccc(Oc2ccnc(Cl)c2)cc1)Nc1cccc(C(F)(F)F)c1. The van der Waals surface area contributed by atoms with Gasteiger partial charge in [-0.2, -0.15) is 13.2 Å². The molecule has 1 heterocycles. The summed E-state index contributed by atoms with van der Waals surface area (Å²) in [6, 6.07) is 13.3. The zero-order valence-electron chi connectivity index (χ0n) is 14.1. The predicted octanol–water partition coefficient (Wildman–Crippen LogP) is 6.19. The second-order valence-corrected chi connectivity index (χ2v) is 5.99. The van der Waals surface area contributed by atoms with Crippen LogP contribution in [0.15, 0.2) is 66.9 Å². The Balaban J connectivity index is 1.60. The molecule has 0 aliphatic heterocycles. The van der Waals surface area contributed by atoms with E-state index in [2.05, 4.69) is 15.6 Å². The van der Waals surface area contributed by atoms with Crippen LogP contribution < -0.4 is 15.4 Å². The number of alkyl halides is 3. The van der Waals surface area contributed by atoms with Gasteiger partial charge in [-0.15, -0.1) is 0 Å². The first-order valence-electron chi connectivity index (χ1n) is 7.94. The van der Waals surface area contributed by atoms with Crippen molar-refractivity contribution in [2.45, 2.75) is 6.18 Å². The van der Waals surface area contributed by atoms with Gasteiger partial charge in [0.25, 0.3) is 0 Å². The fraction of sp³-hybridized carbons (Fsp3) is 0.0526. The smallest absolute Gasteiger partial charge is 0.416 e. The van der Waals surface area contributed by atoms with E-state index in [1.165, 1.54) is 18.3 Å². The van der Waals surface area contributed by atoms with E-state index >= 15 is 0 Å². The molecule has 144 valence electrons. The lowest BCUT2D eigenvalue weighted by Crippen LogP contribution is -2.19. The molecule has 3 aromatic rings. The average Bonchev–Trinajstić information content (AvgIpc) is 2.63. The zero-order chi connectivity index (χ0) is 20.1. The summed E-state index contributed by atoms with van der Waals surface area (Å²) >= 11 is 5.79. The minimum absolute atomic E-state index is 0.0295. The molecule has 2 N–H and O–H groups in total. The van der Waals surface area contributed by atoms with Crippen molar-refractivity contribution in [1.29, 1.82) is 0 Å². The van der Waals surface area contributed by atoms with Crippen LogP contribution in [0.1, 0.15) is 5.56 Å². The predicted molar refractivity (Wildman–Crippen MR) is 99.8 cm³/mol. The molecular formula is C19H13ClF3N3O2. The van der Waals surface area contributed by atoms with Gasteiger partial charge in [0.1, 0.15) is 16.7 Å². The number of rotatable bonds is 4. The summed E-state index contributed by atoms with van der Waals surface area (Å²) in [6.07, 6.45) is -2.98. The molecule has 9 heteroatoms. The Bertz CT molecular complexity index is 979. The molecule has 0 unspecified atom stereocenters. The summed E-state index contributed by atoms with van der Waals surface area (Å²) in [5.41, 5.74) is -0.380. The topological polar surface area (TPSA) is 63.2 Å². The number of carbonyl (C=O) groups excluding carboxylic acids is 1. The Morgan fingerprint density at radius 3 is 2.32 bits per heavy atom. The van der Waals surface area contributed by atoms with Crippen LogP contribution in [0.2, 0.25) is 5.15 Å². The lowest BCUT2D eigenvalue weighted by atomic mass is 10.2. The summed E-state index contributed by atoms with van der Waals surface area (Å²) in [5, 5.41) is 5.19. The van der Waals surface area contributed by atoms with Crippen LogP contribution in [-0.2, 0) is 6.18 Å². The third kappa shape index (κ3) is 5.37. The fourth-order valence-electron chi connectivity index (χ4n) is 2.26. The molecule has 0 fully saturated rings. The number of anilines is 2. The molecule has 0 spiro atoms. The maximum absolute atomic E-state index is 12.7. The van der Waals surface area contributed by atoms with Crippen LogP contribution in [0.5, 0.6) is 11.5 Å². The number of aromatic nitrogens is 1. The van der Waals surface area contributed by atoms with Crippen molar-refractivity contribution in [3.8, 4) is 11.5 Å². The molecule has 0 bridgehead atoms. The summed E-state index contributed by atoms with van der Waals surface area (Å²) in [6.45, 7) is 0. The standard InChI is InChI=1S/C19H13ClF3N3O2/c20-17-11-16(8-9-24-17)28-15-6-4-13(5-7-15)25-18(27)26-14-3-1-2-12(10-14)19(21,22)23/h1-11H,(H2,25,26,27). The van der Waals surface area contributed by atoms with E-state index in [0.717, 1.165) is 12.1 Å². The van der Waals surface area contributed by atoms with Crippen LogP contribution in [-0.4, -0.2) is 11.0 Å². The number of carbonyl (C=O) groups is 1. The molecule has 28 heavy (non-hydrogen) atoms. The van der Waals surface area contributed by atoms with E-state index in [9.17, 15) is 18.0 Å². The molecule has 0 aliphatic carbocycles. The highest BCUT2D eigenvalue weighted by molar-refractivity contribution is 6.29. The maximum Gasteiger partial charge on any atom is 0.416 e. The van der Waals surface area contributed by atoms with Gasteiger partial charge in [0.15, 0.2) is 0 Å². The van der Waals surface area contributed by atoms with Gasteiger partial charge in [0.2, 0.25) is 0 Å². The van der Waals surface area contributed by atoms with E-state index < -0.39 is 17.8 Å². The van der Waals surface area contributed by atoms with Gasteiger partial charge >= 0.3 is 12.2 Å². The first-order chi connectivity index (χ1) is 13.3. The number of ether oxygens (including phenoxy) is 1. The maximum atomic E-state index is 12.7. The highest BCUT2D eigenvalue weighted by atomic mass is 35.5. The molecule has 5 nitrogen and oxygen atoms in total. The monoisotopic (exact) mass is 407 g/mol. The van der Waals surface area contributed by atoms with Crippen LogP contribution in [0.4, 0.5) is 29.3 Å². The number of hydrogen-bond acceptors (Lipinski definition) is 3. The van der Waals surface area contributed by atoms with Gasteiger partial charge in [-0.25, -0.2) is 9.78 Å². The molecule has 0 saturated carbocycles. The van der Waals surface area contributed by atoms with Crippen molar-refractivity contribution in [3.05, 3.63) is 77.6 Å². The third-order valence-electron chi connectivity index (χ3n) is 3.49. The van der Waals surface area contributed by atoms with Gasteiger partial charge in [-0.05, 0) is 48.5 Å². The first-order valence-corrected chi connectivity index (χ1v) is 8.32. The second kappa shape index (κ2) is 8.18. The van der Waals surface area contributed by atoms with E-state index in [4.69, 9.17) is 16.3 Å². The lowest BCUT2D eigenvalue weighted by Gasteiger charge is -2.11. The summed E-state index contributed by atoms with van der Waals surface area (Å²) < 4.78 is 43.8. The Labute approximate surface area is 163 Å². The van der Waals surface area contributed by atoms with E-state index in [1.54, 1.807) is 36.4 Å². The Hall–Kier alpha value is -3.26. The summed E-state index contributed by atoms with van der Waals surface area (Å²) in [7, 11) is 0. The molecule has 2 aromatic carbocycles. The number of nitrogens with one attached hydrogen (secondary N) is 2. The van der Waals surface area contributed by atoms with Crippen molar-refractivity contribution in [2.24, 2.45) is 0 Å². The molecule has 3 rings (SSSR count). The Morgan fingerprint density at radius 2 is 1.64 bits per heavy atom. The molecule has 1 aromatic heterocycles. The lowest BCUT2D eigenvalue weighted by molar-refractivity contribution is -0.137. The number of urea groups is 1. The van der Waals surface area contributed by atoms with E-state index in [1.807, 2.05) is 0 Å². The fourth-order valence-corrected chi connectivity index (χ4v) is 2.42. The summed E-state index contributed by atoms with van der Waals surface area (Å²) in [5.74, 6) is 1.01. The van der Waals surface area contributed by atoms with Crippen molar-refractivity contribution in [2.75, 3.05) is 10.6 Å². The van der Waals surface area contributed by atoms with E-state index in [0.29, 0.717) is 22.3 Å². The number of amides is 2. The minimum atomic E-state index is -4.48. The highest BCUT2D eigenvalue weighted by Crippen LogP contribution is 2.30. The number of pyridine rings is 1. The zero-order valence-corrected chi connectivity index (χ0v) is 14.9. The Kier molecular flexibility index (Phi) is 5.70. The van der Waals surface area contributed by atoms with Gasteiger partial charge in [0.05, 0.1) is 5.56 Å². The molecule has 0 aliphatic rings. The molecule has 0 saturated heterocycles. The first kappa shape index (κ1) is 19.5. The average molecular weight is 408 g/mol. The molecule has 2 amide bonds. The quantitative estimate of drug-likeness (QED) is 0.507. The van der Waals surface area contributed by atoms with Crippen molar-refractivity contribution in [3.63, 3.8) is 0 Å². The number of halogens is 4. The van der Waals surface area contributed by atoms with Crippen LogP contribution in [0, 0.1) is 0 Å². The minimum Gasteiger partial charge on any atom is -0.457 e. The summed E-state index contributed by atoms with van der Waals surface area (Å²) in [4.78, 5) is 15.8. The van der Waals surface area contributed by atoms with Gasteiger partial charge < -0.3 is 15.4 Å². The number of hydrogen-bond donors (Lipinski definition) is 2. The normalized spacial score (nSPS) is 11.0. The van der Waals surface area contributed by atoms with Crippen LogP contribution in [0.3, 0.4) is 0 Å². The van der Waals surface area contributed by atoms with Crippen molar-refractivity contribution in [1.82, 2.24) is 4.98 Å². The number of nitrogens with zero attached hydrogens (tertiary/aromatic N) is 1. The van der Waals surface area contributed by atoms with E-state index in [-0.39, 0.29) is 5.69 Å². The molecule has 0 atom stereocenters. The molecule has 0 radical (unpaired) electrons. The third-order valence-corrected chi connectivity index (χ3v) is 3.70. The van der Waals surface area contributed by atoms with Crippen LogP contribution in [0.25, 0.3) is 0 Å². The van der Waals surface area contributed by atoms with Crippen LogP contribution >= 0.6 is 11.6 Å².